The Kier molecular flexibility index (Phi) is 16.5. The van der Waals surface area contributed by atoms with Crippen molar-refractivity contribution in [3.05, 3.63) is 70.3 Å². The number of pyridine rings is 2. The molecule has 62 heavy (non-hydrogen) atoms. The van der Waals surface area contributed by atoms with Gasteiger partial charge in [-0.15, -0.1) is 0 Å². The van der Waals surface area contributed by atoms with E-state index in [1.54, 1.807) is 6.20 Å². The van der Waals surface area contributed by atoms with Crippen molar-refractivity contribution in [2.45, 2.75) is 106 Å². The van der Waals surface area contributed by atoms with E-state index in [1.165, 1.54) is 11.1 Å². The Hall–Kier alpha value is -5.12. The third kappa shape index (κ3) is 14.5. The van der Waals surface area contributed by atoms with Crippen molar-refractivity contribution in [3.63, 3.8) is 0 Å². The van der Waals surface area contributed by atoms with Gasteiger partial charge < -0.3 is 14.7 Å². The summed E-state index contributed by atoms with van der Waals surface area (Å²) in [6, 6.07) is 8.03. The van der Waals surface area contributed by atoms with E-state index in [2.05, 4.69) is 94.5 Å². The molecule has 0 saturated carbocycles. The molecule has 0 aromatic carbocycles. The van der Waals surface area contributed by atoms with Gasteiger partial charge in [0.15, 0.2) is 23.2 Å². The molecule has 0 saturated heterocycles. The van der Waals surface area contributed by atoms with Gasteiger partial charge in [-0.3, -0.25) is 24.5 Å². The third-order valence-corrected chi connectivity index (χ3v) is 10.6. The Morgan fingerprint density at radius 2 is 1.15 bits per heavy atom. The number of rotatable bonds is 15. The van der Waals surface area contributed by atoms with Gasteiger partial charge >= 0.3 is 0 Å². The number of anilines is 2. The smallest absolute Gasteiger partial charge is 0.180 e. The van der Waals surface area contributed by atoms with E-state index in [9.17, 15) is 9.59 Å². The molecule has 332 valence electrons. The molecule has 0 spiro atoms. The summed E-state index contributed by atoms with van der Waals surface area (Å²) in [6.45, 7) is 15.0. The number of likely N-dealkylation sites (N-methyl/N-ethyl adjacent to an activating group) is 2. The van der Waals surface area contributed by atoms with E-state index in [4.69, 9.17) is 19.9 Å². The molecule has 0 amide bonds. The quantitative estimate of drug-likeness (QED) is 0.111. The molecule has 4 aromatic heterocycles. The van der Waals surface area contributed by atoms with Gasteiger partial charge in [-0.2, -0.15) is 0 Å². The van der Waals surface area contributed by atoms with Crippen molar-refractivity contribution in [1.29, 1.82) is 0 Å². The first-order valence-electron chi connectivity index (χ1n) is 22.2. The first-order valence-corrected chi connectivity index (χ1v) is 22.2. The van der Waals surface area contributed by atoms with Crippen LogP contribution in [0.2, 0.25) is 0 Å². The van der Waals surface area contributed by atoms with Crippen LogP contribution in [0.4, 0.5) is 11.6 Å². The summed E-state index contributed by atoms with van der Waals surface area (Å²) >= 11 is 0. The molecule has 0 radical (unpaired) electrons. The molecule has 2 aliphatic rings. The first kappa shape index (κ1) is 47.9. The maximum absolute atomic E-state index is 12.6. The lowest BCUT2D eigenvalue weighted by Crippen LogP contribution is -2.30. The lowest BCUT2D eigenvalue weighted by molar-refractivity contribution is -0.120. The zero-order valence-corrected chi connectivity index (χ0v) is 39.7. The Morgan fingerprint density at radius 1 is 0.645 bits per heavy atom. The van der Waals surface area contributed by atoms with Crippen molar-refractivity contribution in [2.75, 3.05) is 78.3 Å². The maximum Gasteiger partial charge on any atom is 0.180 e. The van der Waals surface area contributed by atoms with Crippen LogP contribution in [0.3, 0.4) is 0 Å². The molecule has 0 unspecified atom stereocenters. The molecule has 0 bridgehead atoms. The molecule has 4 heterocycles. The van der Waals surface area contributed by atoms with Crippen molar-refractivity contribution in [2.24, 2.45) is 10.8 Å². The fraction of sp³-hybridized carbons (Fsp3) is 0.560. The van der Waals surface area contributed by atoms with Gasteiger partial charge in [0.05, 0.1) is 19.6 Å². The average molecular weight is 843 g/mol. The number of hydrogen-bond acceptors (Lipinski definition) is 12. The van der Waals surface area contributed by atoms with Crippen molar-refractivity contribution in [1.82, 2.24) is 39.7 Å². The highest BCUT2D eigenvalue weighted by molar-refractivity contribution is 5.84. The SMILES string of the molecule is CN(C)CC#Cc1ccnc(-c2nc3c(c(N(C)CC(=O)CC(C)(C)C)n2)CCC3)c1.CN(C)CCCc1ccnc(-c2nc3c(c(N(C)CC(=O)CC(C)(C)C)n2)CCC3)c1. The second-order valence-electron chi connectivity index (χ2n) is 20.0. The van der Waals surface area contributed by atoms with Gasteiger partial charge in [-0.1, -0.05) is 53.4 Å². The van der Waals surface area contributed by atoms with Gasteiger partial charge in [0, 0.05) is 67.4 Å². The first-order chi connectivity index (χ1) is 29.2. The van der Waals surface area contributed by atoms with Crippen LogP contribution in [0.5, 0.6) is 0 Å². The Bertz CT molecular complexity index is 2240. The second kappa shape index (κ2) is 21.3. The zero-order valence-electron chi connectivity index (χ0n) is 39.7. The van der Waals surface area contributed by atoms with Gasteiger partial charge in [-0.05, 0) is 127 Å². The topological polar surface area (TPSA) is 124 Å². The summed E-state index contributed by atoms with van der Waals surface area (Å²) in [4.78, 5) is 61.9. The number of carbonyl (C=O) groups is 2. The minimum atomic E-state index is -0.0192. The summed E-state index contributed by atoms with van der Waals surface area (Å²) in [7, 11) is 12.1. The number of aromatic nitrogens is 6. The van der Waals surface area contributed by atoms with Gasteiger partial charge in [0.1, 0.15) is 23.0 Å². The summed E-state index contributed by atoms with van der Waals surface area (Å²) in [5, 5.41) is 0. The standard InChI is InChI=1S/C25H37N5O.C25H33N5O/c2*1-25(2,3)16-19(31)17-30(6)24-20-10-7-11-21(20)27-23(28-24)22-15-18(12-13-26-22)9-8-14-29(4)5/h12-13,15H,7-11,14,16-17H2,1-6H3;12-13,15H,7,10-11,14,16-17H2,1-6H3. The van der Waals surface area contributed by atoms with Crippen molar-refractivity contribution < 1.29 is 9.59 Å². The Labute approximate surface area is 371 Å². The van der Waals surface area contributed by atoms with Crippen LogP contribution in [0.15, 0.2) is 36.7 Å². The molecule has 4 aromatic rings. The third-order valence-electron chi connectivity index (χ3n) is 10.6. The lowest BCUT2D eigenvalue weighted by atomic mass is 9.90. The van der Waals surface area contributed by atoms with Crippen LogP contribution >= 0.6 is 0 Å². The van der Waals surface area contributed by atoms with E-state index in [0.29, 0.717) is 49.8 Å². The summed E-state index contributed by atoms with van der Waals surface area (Å²) in [6.07, 6.45) is 12.8. The Balaban J connectivity index is 0.000000234. The lowest BCUT2D eigenvalue weighted by Gasteiger charge is -2.23. The highest BCUT2D eigenvalue weighted by Crippen LogP contribution is 2.33. The molecule has 0 N–H and O–H groups in total. The van der Waals surface area contributed by atoms with Crippen LogP contribution < -0.4 is 9.80 Å². The van der Waals surface area contributed by atoms with Gasteiger partial charge in [-0.25, -0.2) is 19.9 Å². The van der Waals surface area contributed by atoms with Crippen LogP contribution in [-0.2, 0) is 41.7 Å². The molecule has 6 rings (SSSR count). The van der Waals surface area contributed by atoms with E-state index >= 15 is 0 Å². The number of fused-ring (bicyclic) bond motifs is 2. The van der Waals surface area contributed by atoms with Crippen LogP contribution in [-0.4, -0.2) is 120 Å². The predicted octanol–water partition coefficient (Wildman–Crippen LogP) is 7.34. The summed E-state index contributed by atoms with van der Waals surface area (Å²) < 4.78 is 0. The minimum Gasteiger partial charge on any atom is -0.352 e. The van der Waals surface area contributed by atoms with Crippen LogP contribution in [0.1, 0.15) is 107 Å². The molecule has 12 nitrogen and oxygen atoms in total. The van der Waals surface area contributed by atoms with E-state index in [0.717, 1.165) is 97.8 Å². The van der Waals surface area contributed by atoms with Gasteiger partial charge in [0.25, 0.3) is 0 Å². The molecule has 0 aliphatic heterocycles. The van der Waals surface area contributed by atoms with E-state index in [1.807, 2.05) is 61.2 Å². The van der Waals surface area contributed by atoms with Crippen LogP contribution in [0.25, 0.3) is 23.0 Å². The van der Waals surface area contributed by atoms with Crippen molar-refractivity contribution in [3.8, 4) is 34.9 Å². The normalized spacial score (nSPS) is 13.3. The number of hydrogen-bond donors (Lipinski definition) is 0. The van der Waals surface area contributed by atoms with Gasteiger partial charge in [0.2, 0.25) is 0 Å². The number of Topliss-reactive ketones (excluding diaryl/α,β-unsaturated/α-hetero) is 2. The monoisotopic (exact) mass is 843 g/mol. The highest BCUT2D eigenvalue weighted by Gasteiger charge is 2.26. The summed E-state index contributed by atoms with van der Waals surface area (Å²) in [5.41, 5.74) is 8.18. The fourth-order valence-electron chi connectivity index (χ4n) is 7.94. The Morgan fingerprint density at radius 3 is 1.63 bits per heavy atom. The van der Waals surface area contributed by atoms with Crippen LogP contribution in [0, 0.1) is 22.7 Å². The number of nitrogens with zero attached hydrogens (tertiary/aromatic N) is 10. The van der Waals surface area contributed by atoms with E-state index in [-0.39, 0.29) is 22.4 Å². The predicted molar refractivity (Wildman–Crippen MR) is 252 cm³/mol. The molecule has 12 heteroatoms. The average Bonchev–Trinajstić information content (AvgIpc) is 3.86. The number of carbonyl (C=O) groups excluding carboxylic acids is 2. The minimum absolute atomic E-state index is 0.00630. The summed E-state index contributed by atoms with van der Waals surface area (Å²) in [5.74, 6) is 9.80. The zero-order chi connectivity index (χ0) is 45.2. The largest absolute Gasteiger partial charge is 0.352 e. The number of ketones is 2. The molecular weight excluding hydrogens is 773 g/mol. The number of aryl methyl sites for hydroxylation is 3. The molecule has 0 atom stereocenters. The maximum atomic E-state index is 12.6. The van der Waals surface area contributed by atoms with Crippen molar-refractivity contribution >= 4 is 23.2 Å². The van der Waals surface area contributed by atoms with E-state index < -0.39 is 0 Å². The highest BCUT2D eigenvalue weighted by atomic mass is 16.1. The second-order valence-corrected chi connectivity index (χ2v) is 20.0. The molecule has 0 fully saturated rings. The molecular formula is C50H70N10O2. The molecule has 2 aliphatic carbocycles. The fourth-order valence-corrected chi connectivity index (χ4v) is 7.94.